The number of likely N-dealkylation sites (tertiary alicyclic amines) is 1. The van der Waals surface area contributed by atoms with Crippen LogP contribution in [0, 0.1) is 5.92 Å². The summed E-state index contributed by atoms with van der Waals surface area (Å²) in [6.45, 7) is 10.5. The third kappa shape index (κ3) is 6.83. The monoisotopic (exact) mass is 336 g/mol. The first-order valence-corrected chi connectivity index (χ1v) is 7.57. The maximum absolute atomic E-state index is 11.9. The van der Waals surface area contributed by atoms with Crippen LogP contribution in [0.2, 0.25) is 0 Å². The van der Waals surface area contributed by atoms with Crippen LogP contribution in [0.5, 0.6) is 0 Å². The lowest BCUT2D eigenvalue weighted by Gasteiger charge is -2.35. The van der Waals surface area contributed by atoms with E-state index < -0.39 is 17.6 Å². The van der Waals surface area contributed by atoms with Gasteiger partial charge >= 0.3 is 12.1 Å². The zero-order chi connectivity index (χ0) is 16.2. The average molecular weight is 337 g/mol. The zero-order valence-corrected chi connectivity index (χ0v) is 14.9. The summed E-state index contributed by atoms with van der Waals surface area (Å²) in [6, 6.07) is -0.407. The molecule has 1 aliphatic heterocycles. The van der Waals surface area contributed by atoms with Crippen LogP contribution in [0.4, 0.5) is 4.79 Å². The van der Waals surface area contributed by atoms with Crippen LogP contribution in [0.25, 0.3) is 0 Å². The molecule has 0 aromatic carbocycles. The molecule has 0 bridgehead atoms. The smallest absolute Gasteiger partial charge is 0.410 e. The highest BCUT2D eigenvalue weighted by molar-refractivity contribution is 5.85. The van der Waals surface area contributed by atoms with Crippen LogP contribution in [0.1, 0.15) is 47.5 Å². The molecule has 1 fully saturated rings. The molecular weight excluding hydrogens is 308 g/mol. The summed E-state index contributed by atoms with van der Waals surface area (Å²) in [7, 11) is 0. The number of hydrogen-bond acceptors (Lipinski definition) is 4. The summed E-state index contributed by atoms with van der Waals surface area (Å²) >= 11 is 0. The predicted octanol–water partition coefficient (Wildman–Crippen LogP) is 2.51. The van der Waals surface area contributed by atoms with Gasteiger partial charge in [-0.3, -0.25) is 4.79 Å². The van der Waals surface area contributed by atoms with Gasteiger partial charge in [0.15, 0.2) is 0 Å². The highest BCUT2D eigenvalue weighted by atomic mass is 35.5. The second-order valence-electron chi connectivity index (χ2n) is 6.97. The number of rotatable bonds is 4. The van der Waals surface area contributed by atoms with E-state index >= 15 is 0 Å². The highest BCUT2D eigenvalue weighted by Crippen LogP contribution is 2.16. The van der Waals surface area contributed by atoms with E-state index in [4.69, 9.17) is 4.74 Å². The standard InChI is InChI=1S/C15H28N2O4.ClH/c1-10(2)12(13(18)19)16-11-6-8-17(9-7-11)14(20)21-15(3,4)5;/h10-12,16H,6-9H2,1-5H3,(H,18,19);1H. The number of carboxylic acid groups (broad SMARTS) is 1. The molecule has 1 amide bonds. The number of halogens is 1. The summed E-state index contributed by atoms with van der Waals surface area (Å²) in [5.74, 6) is -0.786. The van der Waals surface area contributed by atoms with E-state index in [0.29, 0.717) is 13.1 Å². The number of carboxylic acids is 1. The molecule has 1 saturated heterocycles. The topological polar surface area (TPSA) is 78.9 Å². The Balaban J connectivity index is 0.00000441. The van der Waals surface area contributed by atoms with E-state index in [2.05, 4.69) is 5.32 Å². The van der Waals surface area contributed by atoms with Crippen molar-refractivity contribution in [2.75, 3.05) is 13.1 Å². The first-order chi connectivity index (χ1) is 9.60. The van der Waals surface area contributed by atoms with Crippen molar-refractivity contribution in [3.05, 3.63) is 0 Å². The van der Waals surface area contributed by atoms with E-state index in [9.17, 15) is 14.7 Å². The minimum atomic E-state index is -0.820. The number of ether oxygens (including phenoxy) is 1. The molecule has 130 valence electrons. The van der Waals surface area contributed by atoms with Gasteiger partial charge in [-0.1, -0.05) is 13.8 Å². The molecule has 6 nitrogen and oxygen atoms in total. The number of hydrogen-bond donors (Lipinski definition) is 2. The minimum absolute atomic E-state index is 0. The van der Waals surface area contributed by atoms with Gasteiger partial charge in [0.1, 0.15) is 11.6 Å². The van der Waals surface area contributed by atoms with Gasteiger partial charge in [0.05, 0.1) is 0 Å². The van der Waals surface area contributed by atoms with Crippen molar-refractivity contribution in [1.29, 1.82) is 0 Å². The van der Waals surface area contributed by atoms with Gasteiger partial charge in [-0.15, -0.1) is 12.4 Å². The molecule has 1 heterocycles. The summed E-state index contributed by atoms with van der Waals surface area (Å²) in [5, 5.41) is 12.4. The molecule has 0 aromatic rings. The third-order valence-corrected chi connectivity index (χ3v) is 3.49. The first kappa shape index (κ1) is 21.0. The van der Waals surface area contributed by atoms with Crippen molar-refractivity contribution >= 4 is 24.5 Å². The molecular formula is C15H29ClN2O4. The number of amides is 1. The molecule has 1 atom stereocenters. The Morgan fingerprint density at radius 2 is 1.73 bits per heavy atom. The van der Waals surface area contributed by atoms with E-state index in [1.54, 1.807) is 4.90 Å². The van der Waals surface area contributed by atoms with Crippen LogP contribution in [0.15, 0.2) is 0 Å². The van der Waals surface area contributed by atoms with E-state index in [1.807, 2.05) is 34.6 Å². The molecule has 0 aromatic heterocycles. The average Bonchev–Trinajstić information content (AvgIpc) is 2.33. The summed E-state index contributed by atoms with van der Waals surface area (Å²) in [6.07, 6.45) is 1.20. The Bertz CT molecular complexity index is 374. The predicted molar refractivity (Wildman–Crippen MR) is 87.5 cm³/mol. The van der Waals surface area contributed by atoms with E-state index in [0.717, 1.165) is 12.8 Å². The molecule has 0 spiro atoms. The fourth-order valence-corrected chi connectivity index (χ4v) is 2.36. The molecule has 0 saturated carbocycles. The number of nitrogens with one attached hydrogen (secondary N) is 1. The van der Waals surface area contributed by atoms with Crippen molar-refractivity contribution in [2.45, 2.75) is 65.1 Å². The van der Waals surface area contributed by atoms with Crippen molar-refractivity contribution in [1.82, 2.24) is 10.2 Å². The summed E-state index contributed by atoms with van der Waals surface area (Å²) in [5.41, 5.74) is -0.488. The van der Waals surface area contributed by atoms with Crippen molar-refractivity contribution in [2.24, 2.45) is 5.92 Å². The molecule has 1 rings (SSSR count). The van der Waals surface area contributed by atoms with Gasteiger partial charge in [0.25, 0.3) is 0 Å². The fourth-order valence-electron chi connectivity index (χ4n) is 2.36. The third-order valence-electron chi connectivity index (χ3n) is 3.49. The van der Waals surface area contributed by atoms with Crippen molar-refractivity contribution in [3.8, 4) is 0 Å². The summed E-state index contributed by atoms with van der Waals surface area (Å²) in [4.78, 5) is 24.8. The van der Waals surface area contributed by atoms with Gasteiger partial charge in [0, 0.05) is 19.1 Å². The second kappa shape index (κ2) is 8.58. The normalized spacial score (nSPS) is 17.8. The Labute approximate surface area is 139 Å². The van der Waals surface area contributed by atoms with E-state index in [1.165, 1.54) is 0 Å². The molecule has 0 radical (unpaired) electrons. The summed E-state index contributed by atoms with van der Waals surface area (Å²) < 4.78 is 5.34. The van der Waals surface area contributed by atoms with Crippen LogP contribution < -0.4 is 5.32 Å². The Kier molecular flexibility index (Phi) is 8.18. The lowest BCUT2D eigenvalue weighted by atomic mass is 9.99. The zero-order valence-electron chi connectivity index (χ0n) is 14.1. The number of nitrogens with zero attached hydrogens (tertiary/aromatic N) is 1. The van der Waals surface area contributed by atoms with Gasteiger partial charge in [-0.05, 0) is 39.5 Å². The SMILES string of the molecule is CC(C)C(NC1CCN(C(=O)OC(C)(C)C)CC1)C(=O)O.Cl. The molecule has 7 heteroatoms. The number of aliphatic carboxylic acids is 1. The van der Waals surface area contributed by atoms with Crippen LogP contribution in [0.3, 0.4) is 0 Å². The minimum Gasteiger partial charge on any atom is -0.480 e. The lowest BCUT2D eigenvalue weighted by Crippen LogP contribution is -2.52. The Morgan fingerprint density at radius 3 is 2.09 bits per heavy atom. The lowest BCUT2D eigenvalue weighted by molar-refractivity contribution is -0.141. The molecule has 2 N–H and O–H groups in total. The van der Waals surface area contributed by atoms with Gasteiger partial charge in [-0.2, -0.15) is 0 Å². The van der Waals surface area contributed by atoms with Crippen LogP contribution in [-0.4, -0.2) is 52.8 Å². The maximum Gasteiger partial charge on any atom is 0.410 e. The highest BCUT2D eigenvalue weighted by Gasteiger charge is 2.30. The van der Waals surface area contributed by atoms with Gasteiger partial charge in [0.2, 0.25) is 0 Å². The molecule has 1 unspecified atom stereocenters. The second-order valence-corrected chi connectivity index (χ2v) is 6.97. The molecule has 1 aliphatic rings. The number of piperidine rings is 1. The van der Waals surface area contributed by atoms with Gasteiger partial charge < -0.3 is 20.1 Å². The van der Waals surface area contributed by atoms with Crippen LogP contribution >= 0.6 is 12.4 Å². The largest absolute Gasteiger partial charge is 0.480 e. The van der Waals surface area contributed by atoms with E-state index in [-0.39, 0.29) is 30.5 Å². The Hall–Kier alpha value is -1.01. The van der Waals surface area contributed by atoms with Crippen molar-refractivity contribution < 1.29 is 19.4 Å². The van der Waals surface area contributed by atoms with Crippen molar-refractivity contribution in [3.63, 3.8) is 0 Å². The van der Waals surface area contributed by atoms with Gasteiger partial charge in [-0.25, -0.2) is 4.79 Å². The Morgan fingerprint density at radius 1 is 1.23 bits per heavy atom. The number of carbonyl (C=O) groups excluding carboxylic acids is 1. The van der Waals surface area contributed by atoms with Crippen LogP contribution in [-0.2, 0) is 9.53 Å². The molecule has 0 aliphatic carbocycles. The first-order valence-electron chi connectivity index (χ1n) is 7.57. The fraction of sp³-hybridized carbons (Fsp3) is 0.867. The number of carbonyl (C=O) groups is 2. The molecule has 22 heavy (non-hydrogen) atoms. The maximum atomic E-state index is 11.9. The quantitative estimate of drug-likeness (QED) is 0.824.